The van der Waals surface area contributed by atoms with E-state index in [1.54, 1.807) is 0 Å². The van der Waals surface area contributed by atoms with Gasteiger partial charge in [0, 0.05) is 24.2 Å². The first-order chi connectivity index (χ1) is 15.5. The third-order valence-electron chi connectivity index (χ3n) is 4.28. The maximum Gasteiger partial charge on any atom is 0.275 e. The molecule has 164 valence electrons. The van der Waals surface area contributed by atoms with Crippen LogP contribution in [0.4, 0.5) is 8.78 Å². The molecule has 0 amide bonds. The Balaban J connectivity index is 1.93. The largest absolute Gasteiger partial charge is 0.280 e. The molecule has 0 aliphatic heterocycles. The molecule has 0 unspecified atom stereocenters. The van der Waals surface area contributed by atoms with Crippen LogP contribution in [0.5, 0.6) is 0 Å². The van der Waals surface area contributed by atoms with Crippen LogP contribution in [0.3, 0.4) is 0 Å². The number of fused-ring (bicyclic) bond motifs is 1. The van der Waals surface area contributed by atoms with Gasteiger partial charge in [-0.05, 0) is 22.4 Å². The first kappa shape index (κ1) is 23.4. The number of benzene rings is 2. The summed E-state index contributed by atoms with van der Waals surface area (Å²) in [6.07, 6.45) is 4.17. The summed E-state index contributed by atoms with van der Waals surface area (Å²) < 4.78 is 26.5. The molecule has 1 aromatic heterocycles. The van der Waals surface area contributed by atoms with E-state index in [2.05, 4.69) is 40.0 Å². The van der Waals surface area contributed by atoms with Crippen LogP contribution in [-0.2, 0) is 5.75 Å². The van der Waals surface area contributed by atoms with Gasteiger partial charge < -0.3 is 0 Å². The maximum atomic E-state index is 12.7. The molecule has 1 N–H and O–H groups in total. The van der Waals surface area contributed by atoms with Crippen molar-refractivity contribution in [3.63, 3.8) is 0 Å². The fourth-order valence-corrected chi connectivity index (χ4v) is 3.94. The Bertz CT molecular complexity index is 1280. The number of allylic oxidation sites excluding steroid dienone is 5. The van der Waals surface area contributed by atoms with Crippen molar-refractivity contribution in [1.29, 1.82) is 0 Å². The Hall–Kier alpha value is -3.23. The lowest BCUT2D eigenvalue weighted by molar-refractivity contribution is 0.204. The first-order valence-corrected chi connectivity index (χ1v) is 10.8. The van der Waals surface area contributed by atoms with Gasteiger partial charge in [-0.2, -0.15) is 5.10 Å². The minimum absolute atomic E-state index is 0.0247. The lowest BCUT2D eigenvalue weighted by atomic mass is 10.1. The van der Waals surface area contributed by atoms with Crippen LogP contribution in [0.15, 0.2) is 101 Å². The number of halogens is 3. The quantitative estimate of drug-likeness (QED) is 0.341. The third-order valence-corrected chi connectivity index (χ3v) is 5.52. The van der Waals surface area contributed by atoms with Crippen LogP contribution >= 0.6 is 23.4 Å². The summed E-state index contributed by atoms with van der Waals surface area (Å²) >= 11 is 7.39. The van der Waals surface area contributed by atoms with E-state index < -0.39 is 12.0 Å². The molecule has 0 aliphatic carbocycles. The molecule has 0 spiro atoms. The molecular formula is C23H19ClF2N4OS. The Labute approximate surface area is 192 Å². The van der Waals surface area contributed by atoms with Crippen LogP contribution in [0.1, 0.15) is 5.56 Å². The van der Waals surface area contributed by atoms with Crippen LogP contribution in [0.2, 0.25) is 0 Å². The summed E-state index contributed by atoms with van der Waals surface area (Å²) in [4.78, 5) is 16.8. The molecule has 3 rings (SSSR count). The fraction of sp³-hybridized carbons (Fsp3) is 0.0870. The molecule has 0 aliphatic rings. The van der Waals surface area contributed by atoms with Crippen LogP contribution < -0.4 is 5.56 Å². The van der Waals surface area contributed by atoms with Gasteiger partial charge in [-0.25, -0.2) is 13.8 Å². The van der Waals surface area contributed by atoms with E-state index >= 15 is 0 Å². The molecule has 3 aromatic rings. The van der Waals surface area contributed by atoms with Crippen LogP contribution in [0.25, 0.3) is 16.5 Å². The highest BCUT2D eigenvalue weighted by Gasteiger charge is 2.09. The highest BCUT2D eigenvalue weighted by Crippen LogP contribution is 2.25. The second-order valence-corrected chi connectivity index (χ2v) is 7.75. The maximum absolute atomic E-state index is 12.7. The van der Waals surface area contributed by atoms with E-state index in [4.69, 9.17) is 11.6 Å². The van der Waals surface area contributed by atoms with Crippen molar-refractivity contribution in [2.24, 2.45) is 0 Å². The number of nitrogens with one attached hydrogen (secondary N) is 1. The molecule has 0 radical (unpaired) electrons. The second kappa shape index (κ2) is 11.4. The fourth-order valence-electron chi connectivity index (χ4n) is 2.89. The van der Waals surface area contributed by atoms with Crippen molar-refractivity contribution in [3.8, 4) is 0 Å². The average molecular weight is 473 g/mol. The van der Waals surface area contributed by atoms with E-state index in [1.165, 1.54) is 36.3 Å². The van der Waals surface area contributed by atoms with Gasteiger partial charge in [-0.15, -0.1) is 0 Å². The Morgan fingerprint density at radius 1 is 1.25 bits per heavy atom. The minimum Gasteiger partial charge on any atom is -0.280 e. The Morgan fingerprint density at radius 2 is 2.03 bits per heavy atom. The molecule has 0 atom stereocenters. The standard InChI is InChI=1S/C23H19ClF2N4OS/c1-2-6-20(19(24)13-21(25)26)30-12-11-27-23(29-28-14-22(30)31)32-15-17-9-5-8-16-7-3-4-10-18(16)17/h2-14,21H,1,15H2,(H,27,29)/b12-11?,19-13-,20-6+,28-14?. The van der Waals surface area contributed by atoms with Gasteiger partial charge in [0.25, 0.3) is 12.0 Å². The minimum atomic E-state index is -2.78. The first-order valence-electron chi connectivity index (χ1n) is 9.44. The topological polar surface area (TPSA) is 63.6 Å². The number of aromatic nitrogens is 4. The Morgan fingerprint density at radius 3 is 2.81 bits per heavy atom. The zero-order valence-electron chi connectivity index (χ0n) is 16.8. The van der Waals surface area contributed by atoms with Crippen LogP contribution in [0, 0.1) is 0 Å². The highest BCUT2D eigenvalue weighted by atomic mass is 35.5. The van der Waals surface area contributed by atoms with Gasteiger partial charge in [0.1, 0.15) is 6.20 Å². The molecule has 2 aromatic carbocycles. The molecule has 0 bridgehead atoms. The van der Waals surface area contributed by atoms with E-state index in [9.17, 15) is 13.6 Å². The number of hydrogen-bond donors (Lipinski definition) is 1. The number of aromatic amines is 1. The van der Waals surface area contributed by atoms with Crippen molar-refractivity contribution < 1.29 is 8.78 Å². The number of nitrogens with zero attached hydrogens (tertiary/aromatic N) is 3. The summed E-state index contributed by atoms with van der Waals surface area (Å²) in [7, 11) is 0. The summed E-state index contributed by atoms with van der Waals surface area (Å²) in [6, 6.07) is 14.2. The molecule has 0 saturated carbocycles. The van der Waals surface area contributed by atoms with E-state index in [0.717, 1.165) is 27.1 Å². The summed E-state index contributed by atoms with van der Waals surface area (Å²) in [5.74, 6) is 0.624. The van der Waals surface area contributed by atoms with Crippen molar-refractivity contribution >= 4 is 39.8 Å². The summed E-state index contributed by atoms with van der Waals surface area (Å²) in [5, 5.41) is 9.11. The molecule has 32 heavy (non-hydrogen) atoms. The number of rotatable bonds is 7. The highest BCUT2D eigenvalue weighted by molar-refractivity contribution is 7.98. The summed E-state index contributed by atoms with van der Waals surface area (Å²) in [5.41, 5.74) is 0.554. The number of alkyl halides is 2. The van der Waals surface area contributed by atoms with Gasteiger partial charge in [-0.3, -0.25) is 14.5 Å². The van der Waals surface area contributed by atoms with Crippen molar-refractivity contribution in [2.75, 3.05) is 0 Å². The SMILES string of the molecule is C=C/C=C(\C(Cl)=C\C(F)F)n1ccnc(SCc2cccc3ccccc23)[nH]ncc1=O. The lowest BCUT2D eigenvalue weighted by Gasteiger charge is -2.07. The van der Waals surface area contributed by atoms with Gasteiger partial charge in [0.2, 0.25) is 0 Å². The van der Waals surface area contributed by atoms with Gasteiger partial charge in [-0.1, -0.05) is 78.5 Å². The zero-order valence-corrected chi connectivity index (χ0v) is 18.4. The number of hydrogen-bond acceptors (Lipinski definition) is 4. The number of H-pyrrole nitrogens is 1. The average Bonchev–Trinajstić information content (AvgIpc) is 2.86. The summed E-state index contributed by atoms with van der Waals surface area (Å²) in [6.45, 7) is 3.54. The van der Waals surface area contributed by atoms with Gasteiger partial charge >= 0.3 is 0 Å². The molecular weight excluding hydrogens is 454 g/mol. The van der Waals surface area contributed by atoms with E-state index in [1.807, 2.05) is 24.3 Å². The lowest BCUT2D eigenvalue weighted by Crippen LogP contribution is -2.16. The van der Waals surface area contributed by atoms with Gasteiger partial charge in [0.15, 0.2) is 5.16 Å². The molecule has 1 heterocycles. The Kier molecular flexibility index (Phi) is 8.35. The van der Waals surface area contributed by atoms with Crippen LogP contribution in [-0.4, -0.2) is 26.2 Å². The third kappa shape index (κ3) is 6.15. The van der Waals surface area contributed by atoms with Gasteiger partial charge in [0.05, 0.1) is 10.7 Å². The van der Waals surface area contributed by atoms with Crippen molar-refractivity contribution in [2.45, 2.75) is 17.3 Å². The monoisotopic (exact) mass is 472 g/mol. The van der Waals surface area contributed by atoms with E-state index in [-0.39, 0.29) is 10.7 Å². The van der Waals surface area contributed by atoms with Crippen molar-refractivity contribution in [1.82, 2.24) is 19.7 Å². The molecule has 9 heteroatoms. The predicted molar refractivity (Wildman–Crippen MR) is 126 cm³/mol. The zero-order chi connectivity index (χ0) is 22.9. The molecule has 5 nitrogen and oxygen atoms in total. The molecule has 0 fully saturated rings. The smallest absolute Gasteiger partial charge is 0.275 e. The predicted octanol–water partition coefficient (Wildman–Crippen LogP) is 5.95. The normalized spacial score (nSPS) is 12.1. The van der Waals surface area contributed by atoms with E-state index in [0.29, 0.717) is 17.0 Å². The molecule has 0 saturated heterocycles. The number of thioether (sulfide) groups is 1. The second-order valence-electron chi connectivity index (χ2n) is 6.37. The van der Waals surface area contributed by atoms with Crippen molar-refractivity contribution in [3.05, 3.63) is 107 Å².